The first-order chi connectivity index (χ1) is 18.9. The van der Waals surface area contributed by atoms with E-state index in [9.17, 15) is 26.7 Å². The summed E-state index contributed by atoms with van der Waals surface area (Å²) < 4.78 is 60.0. The van der Waals surface area contributed by atoms with Crippen LogP contribution in [0.5, 0.6) is 0 Å². The number of hydrogen-bond acceptors (Lipinski definition) is 8. The van der Waals surface area contributed by atoms with Gasteiger partial charge in [-0.2, -0.15) is 13.2 Å². The molecule has 1 fully saturated rings. The van der Waals surface area contributed by atoms with Crippen LogP contribution in [0.2, 0.25) is 0 Å². The average molecular weight is 617 g/mol. The summed E-state index contributed by atoms with van der Waals surface area (Å²) >= 11 is 2.85. The molecule has 1 aromatic carbocycles. The summed E-state index contributed by atoms with van der Waals surface area (Å²) in [5, 5.41) is 20.6. The van der Waals surface area contributed by atoms with Crippen LogP contribution in [0.1, 0.15) is 24.6 Å². The molecule has 0 amide bonds. The van der Waals surface area contributed by atoms with Gasteiger partial charge in [0.2, 0.25) is 0 Å². The zero-order chi connectivity index (χ0) is 29.1. The number of halogens is 3. The van der Waals surface area contributed by atoms with Gasteiger partial charge >= 0.3 is 12.1 Å². The average Bonchev–Trinajstić information content (AvgIpc) is 3.65. The zero-order valence-corrected chi connectivity index (χ0v) is 23.7. The fourth-order valence-corrected chi connectivity index (χ4v) is 7.87. The molecular weight excluding hydrogens is 589 g/mol. The molecule has 1 atom stereocenters. The molecular formula is C25H27F3N4O5S3. The summed E-state index contributed by atoms with van der Waals surface area (Å²) in [4.78, 5) is 20.4. The van der Waals surface area contributed by atoms with Crippen LogP contribution in [0.25, 0.3) is 21.6 Å². The number of thiophene rings is 1. The molecule has 0 saturated carbocycles. The van der Waals surface area contributed by atoms with Crippen molar-refractivity contribution in [2.24, 2.45) is 0 Å². The fraction of sp³-hybridized carbons (Fsp3) is 0.360. The van der Waals surface area contributed by atoms with Crippen LogP contribution in [0, 0.1) is 0 Å². The Balaban J connectivity index is 0.000000470. The van der Waals surface area contributed by atoms with Gasteiger partial charge < -0.3 is 15.2 Å². The molecule has 216 valence electrons. The molecule has 40 heavy (non-hydrogen) atoms. The number of nitrogens with zero attached hydrogens (tertiary/aromatic N) is 3. The van der Waals surface area contributed by atoms with E-state index in [1.807, 2.05) is 37.4 Å². The normalized spacial score (nSPS) is 16.5. The van der Waals surface area contributed by atoms with Gasteiger partial charge in [-0.3, -0.25) is 9.21 Å². The third-order valence-electron chi connectivity index (χ3n) is 6.12. The molecule has 5 rings (SSSR count). The van der Waals surface area contributed by atoms with Crippen molar-refractivity contribution in [1.29, 1.82) is 0 Å². The number of likely N-dealkylation sites (tertiary alicyclic amines) is 1. The van der Waals surface area contributed by atoms with Crippen LogP contribution >= 0.6 is 22.7 Å². The van der Waals surface area contributed by atoms with Gasteiger partial charge in [-0.1, -0.05) is 18.2 Å². The number of benzene rings is 1. The lowest BCUT2D eigenvalue weighted by atomic mass is 10.1. The number of β-amino-alcohol motifs (C(OH)–C–C–N with tert-alkyl or cyclic N) is 1. The number of carboxylic acids is 1. The Morgan fingerprint density at radius 2 is 2.02 bits per heavy atom. The second-order valence-electron chi connectivity index (χ2n) is 8.99. The van der Waals surface area contributed by atoms with Gasteiger partial charge in [0.05, 0.1) is 23.0 Å². The van der Waals surface area contributed by atoms with Crippen molar-refractivity contribution in [3.05, 3.63) is 52.9 Å². The monoisotopic (exact) mass is 616 g/mol. The number of carbonyl (C=O) groups is 1. The first-order valence-corrected chi connectivity index (χ1v) is 15.4. The van der Waals surface area contributed by atoms with E-state index in [2.05, 4.69) is 14.9 Å². The minimum Gasteiger partial charge on any atom is -0.475 e. The van der Waals surface area contributed by atoms with Crippen molar-refractivity contribution in [3.63, 3.8) is 0 Å². The first kappa shape index (κ1) is 30.0. The van der Waals surface area contributed by atoms with Crippen LogP contribution in [-0.4, -0.2) is 71.4 Å². The summed E-state index contributed by atoms with van der Waals surface area (Å²) in [5.41, 5.74) is 2.29. The molecule has 3 aromatic heterocycles. The Hall–Kier alpha value is -2.98. The number of aliphatic hydroxyl groups is 1. The lowest BCUT2D eigenvalue weighted by Crippen LogP contribution is -2.37. The Labute approximate surface area is 236 Å². The number of H-pyrrole nitrogens is 1. The number of para-hydroxylation sites is 1. The third kappa shape index (κ3) is 6.83. The number of nitrogens with one attached hydrogen (secondary N) is 1. The van der Waals surface area contributed by atoms with Crippen molar-refractivity contribution in [1.82, 2.24) is 14.9 Å². The van der Waals surface area contributed by atoms with Crippen molar-refractivity contribution >= 4 is 55.3 Å². The molecule has 0 bridgehead atoms. The van der Waals surface area contributed by atoms with Gasteiger partial charge in [0.25, 0.3) is 10.0 Å². The van der Waals surface area contributed by atoms with Crippen molar-refractivity contribution in [2.45, 2.75) is 42.8 Å². The highest BCUT2D eigenvalue weighted by atomic mass is 32.2. The maximum absolute atomic E-state index is 13.3. The van der Waals surface area contributed by atoms with Crippen LogP contribution < -0.4 is 4.31 Å². The molecule has 0 radical (unpaired) electrons. The molecule has 3 N–H and O–H groups in total. The van der Waals surface area contributed by atoms with Crippen LogP contribution in [0.4, 0.5) is 18.9 Å². The molecule has 4 aromatic rings. The predicted octanol–water partition coefficient (Wildman–Crippen LogP) is 5.16. The highest BCUT2D eigenvalue weighted by molar-refractivity contribution is 7.94. The number of aliphatic carboxylic acids is 1. The van der Waals surface area contributed by atoms with E-state index in [-0.39, 0.29) is 6.10 Å². The predicted molar refractivity (Wildman–Crippen MR) is 148 cm³/mol. The van der Waals surface area contributed by atoms with E-state index >= 15 is 0 Å². The number of carboxylic acid groups (broad SMARTS) is 1. The number of fused-ring (bicyclic) bond motifs is 1. The van der Waals surface area contributed by atoms with E-state index < -0.39 is 22.2 Å². The number of thiazole rings is 1. The highest BCUT2D eigenvalue weighted by Gasteiger charge is 2.38. The lowest BCUT2D eigenvalue weighted by Gasteiger charge is -2.29. The minimum atomic E-state index is -5.08. The molecule has 9 nitrogen and oxygen atoms in total. The minimum absolute atomic E-state index is 0.245. The molecule has 1 aliphatic heterocycles. The maximum atomic E-state index is 13.3. The number of alkyl halides is 3. The zero-order valence-electron chi connectivity index (χ0n) is 21.3. The number of sulfonamides is 1. The number of piperidine rings is 1. The van der Waals surface area contributed by atoms with E-state index in [0.717, 1.165) is 52.4 Å². The molecule has 0 spiro atoms. The molecule has 4 heterocycles. The Morgan fingerprint density at radius 1 is 1.27 bits per heavy atom. The van der Waals surface area contributed by atoms with Gasteiger partial charge in [0.1, 0.15) is 9.22 Å². The second-order valence-corrected chi connectivity index (χ2v) is 13.1. The number of aromatic nitrogens is 2. The van der Waals surface area contributed by atoms with E-state index in [0.29, 0.717) is 23.0 Å². The van der Waals surface area contributed by atoms with E-state index in [1.165, 1.54) is 15.6 Å². The smallest absolute Gasteiger partial charge is 0.475 e. The maximum Gasteiger partial charge on any atom is 0.490 e. The molecule has 15 heteroatoms. The molecule has 0 aliphatic carbocycles. The van der Waals surface area contributed by atoms with Gasteiger partial charge in [0.15, 0.2) is 0 Å². The van der Waals surface area contributed by atoms with Gasteiger partial charge in [0, 0.05) is 36.1 Å². The summed E-state index contributed by atoms with van der Waals surface area (Å²) in [6, 6.07) is 11.1. The molecule has 1 aliphatic rings. The topological polar surface area (TPSA) is 127 Å². The Kier molecular flexibility index (Phi) is 9.19. The van der Waals surface area contributed by atoms with Crippen molar-refractivity contribution in [3.8, 4) is 10.7 Å². The summed E-state index contributed by atoms with van der Waals surface area (Å²) in [6.07, 6.45) is -1.54. The summed E-state index contributed by atoms with van der Waals surface area (Å²) in [5.74, 6) is -2.76. The van der Waals surface area contributed by atoms with Crippen LogP contribution in [-0.2, 0) is 21.4 Å². The largest absolute Gasteiger partial charge is 0.490 e. The number of anilines is 1. The third-order valence-corrected chi connectivity index (χ3v) is 10.4. The number of rotatable bonds is 7. The SMILES string of the molecule is CCN(c1cccc2cc(-c3ncc(CN4CCCC(O)C4)s3)[nH]c12)S(=O)(=O)c1cccs1.O=C(O)C(F)(F)F. The first-order valence-electron chi connectivity index (χ1n) is 12.2. The fourth-order valence-electron chi connectivity index (χ4n) is 4.35. The van der Waals surface area contributed by atoms with Gasteiger partial charge in [-0.05, 0) is 49.9 Å². The molecule has 1 unspecified atom stereocenters. The van der Waals surface area contributed by atoms with Crippen molar-refractivity contribution < 1.29 is 36.6 Å². The number of aromatic amines is 1. The van der Waals surface area contributed by atoms with Crippen LogP contribution in [0.3, 0.4) is 0 Å². The lowest BCUT2D eigenvalue weighted by molar-refractivity contribution is -0.192. The Bertz CT molecular complexity index is 1550. The standard InChI is InChI=1S/C23H26N4O3S3.C2HF3O2/c1-2-27(33(29,30)21-9-5-11-31-21)20-8-3-6-16-12-19(25-22(16)20)23-24-13-18(32-23)15-26-10-4-7-17(28)14-26;3-2(4,5)1(6)7/h3,5-6,8-9,11-13,17,25,28H,2,4,7,10,14-15H2,1H3;(H,6,7). The van der Waals surface area contributed by atoms with Crippen molar-refractivity contribution in [2.75, 3.05) is 23.9 Å². The number of aliphatic hydroxyl groups excluding tert-OH is 1. The summed E-state index contributed by atoms with van der Waals surface area (Å²) in [6.45, 7) is 4.65. The number of hydrogen-bond donors (Lipinski definition) is 3. The summed E-state index contributed by atoms with van der Waals surface area (Å²) in [7, 11) is -3.63. The van der Waals surface area contributed by atoms with E-state index in [1.54, 1.807) is 28.8 Å². The Morgan fingerprint density at radius 3 is 2.65 bits per heavy atom. The highest BCUT2D eigenvalue weighted by Crippen LogP contribution is 2.35. The van der Waals surface area contributed by atoms with E-state index in [4.69, 9.17) is 9.90 Å². The molecule has 1 saturated heterocycles. The quantitative estimate of drug-likeness (QED) is 0.262. The van der Waals surface area contributed by atoms with Gasteiger partial charge in [-0.15, -0.1) is 22.7 Å². The van der Waals surface area contributed by atoms with Crippen LogP contribution in [0.15, 0.2) is 52.2 Å². The second kappa shape index (κ2) is 12.3. The van der Waals surface area contributed by atoms with Gasteiger partial charge in [-0.25, -0.2) is 18.2 Å².